The summed E-state index contributed by atoms with van der Waals surface area (Å²) < 4.78 is 22.9. The van der Waals surface area contributed by atoms with Crippen LogP contribution >= 0.6 is 0 Å². The van der Waals surface area contributed by atoms with Gasteiger partial charge in [0.1, 0.15) is 12.2 Å². The van der Waals surface area contributed by atoms with E-state index < -0.39 is 17.9 Å². The van der Waals surface area contributed by atoms with Crippen molar-refractivity contribution in [3.8, 4) is 11.5 Å². The van der Waals surface area contributed by atoms with E-state index in [2.05, 4.69) is 0 Å². The highest BCUT2D eigenvalue weighted by atomic mass is 16.5. The van der Waals surface area contributed by atoms with Gasteiger partial charge in [-0.1, -0.05) is 48.5 Å². The van der Waals surface area contributed by atoms with E-state index in [4.69, 9.17) is 18.6 Å². The van der Waals surface area contributed by atoms with Crippen LogP contribution in [0, 0.1) is 0 Å². The third kappa shape index (κ3) is 4.77. The van der Waals surface area contributed by atoms with Crippen molar-refractivity contribution in [3.63, 3.8) is 0 Å². The van der Waals surface area contributed by atoms with Gasteiger partial charge in [-0.2, -0.15) is 0 Å². The molecule has 2 heterocycles. The Morgan fingerprint density at radius 2 is 1.62 bits per heavy atom. The number of methoxy groups -OCH3 is 1. The normalized spacial score (nSPS) is 14.1. The summed E-state index contributed by atoms with van der Waals surface area (Å²) in [6.07, 6.45) is 0. The van der Waals surface area contributed by atoms with Crippen LogP contribution < -0.4 is 19.8 Å². The molecule has 0 fully saturated rings. The minimum Gasteiger partial charge on any atom is -0.493 e. The van der Waals surface area contributed by atoms with E-state index in [1.54, 1.807) is 67.6 Å². The summed E-state index contributed by atoms with van der Waals surface area (Å²) in [5.74, 6) is 0.0138. The second-order valence-electron chi connectivity index (χ2n) is 9.70. The van der Waals surface area contributed by atoms with Gasteiger partial charge in [-0.3, -0.25) is 14.5 Å². The lowest BCUT2D eigenvalue weighted by molar-refractivity contribution is 0.0526. The number of esters is 1. The van der Waals surface area contributed by atoms with Gasteiger partial charge >= 0.3 is 5.97 Å². The number of nitrogens with zero attached hydrogens (tertiary/aromatic N) is 1. The Bertz CT molecular complexity index is 1840. The molecule has 1 aliphatic rings. The van der Waals surface area contributed by atoms with Crippen LogP contribution in [0.25, 0.3) is 11.0 Å². The summed E-state index contributed by atoms with van der Waals surface area (Å²) in [5, 5.41) is 0.378. The van der Waals surface area contributed by atoms with Gasteiger partial charge in [-0.25, -0.2) is 4.79 Å². The molecular weight excluding hydrogens is 534 g/mol. The van der Waals surface area contributed by atoms with Crippen molar-refractivity contribution in [2.45, 2.75) is 19.6 Å². The van der Waals surface area contributed by atoms with E-state index in [9.17, 15) is 14.4 Å². The summed E-state index contributed by atoms with van der Waals surface area (Å²) in [4.78, 5) is 41.5. The van der Waals surface area contributed by atoms with E-state index in [0.29, 0.717) is 45.9 Å². The number of rotatable bonds is 8. The van der Waals surface area contributed by atoms with Crippen LogP contribution in [-0.2, 0) is 11.3 Å². The molecule has 42 heavy (non-hydrogen) atoms. The Balaban J connectivity index is 1.45. The van der Waals surface area contributed by atoms with Crippen LogP contribution in [0.4, 0.5) is 5.69 Å². The Morgan fingerprint density at radius 1 is 0.881 bits per heavy atom. The molecule has 1 amide bonds. The summed E-state index contributed by atoms with van der Waals surface area (Å²) >= 11 is 0. The van der Waals surface area contributed by atoms with Gasteiger partial charge in [-0.05, 0) is 66.6 Å². The fourth-order valence-corrected chi connectivity index (χ4v) is 5.18. The van der Waals surface area contributed by atoms with Crippen molar-refractivity contribution in [3.05, 3.63) is 135 Å². The third-order valence-corrected chi connectivity index (χ3v) is 7.17. The topological polar surface area (TPSA) is 95.3 Å². The summed E-state index contributed by atoms with van der Waals surface area (Å²) in [6.45, 7) is 2.32. The highest BCUT2D eigenvalue weighted by molar-refractivity contribution is 6.10. The molecule has 5 aromatic rings. The number of fused-ring (bicyclic) bond motifs is 2. The first-order valence-electron chi connectivity index (χ1n) is 13.5. The van der Waals surface area contributed by atoms with Gasteiger partial charge in [-0.15, -0.1) is 0 Å². The minimum atomic E-state index is -0.820. The lowest BCUT2D eigenvalue weighted by atomic mass is 9.97. The van der Waals surface area contributed by atoms with Gasteiger partial charge in [0.15, 0.2) is 16.9 Å². The standard InChI is InChI=1S/C34H27NO7/c1-3-40-34(38)22-13-16-24(17-14-22)35-30(29-31(36)25-11-7-8-12-26(25)42-32(29)33(35)37)23-15-18-27(28(19-23)39-2)41-20-21-9-5-4-6-10-21/h4-19,30H,3,20H2,1-2H3. The van der Waals surface area contributed by atoms with E-state index >= 15 is 0 Å². The van der Waals surface area contributed by atoms with Gasteiger partial charge in [0.25, 0.3) is 5.91 Å². The molecule has 1 aliphatic heterocycles. The fourth-order valence-electron chi connectivity index (χ4n) is 5.18. The van der Waals surface area contributed by atoms with Crippen molar-refractivity contribution in [2.24, 2.45) is 0 Å². The van der Waals surface area contributed by atoms with Crippen LogP contribution in [0.1, 0.15) is 50.6 Å². The zero-order valence-electron chi connectivity index (χ0n) is 23.0. The van der Waals surface area contributed by atoms with E-state index in [0.717, 1.165) is 5.56 Å². The summed E-state index contributed by atoms with van der Waals surface area (Å²) in [7, 11) is 1.54. The van der Waals surface area contributed by atoms with Crippen LogP contribution in [0.2, 0.25) is 0 Å². The maximum Gasteiger partial charge on any atom is 0.338 e. The third-order valence-electron chi connectivity index (χ3n) is 7.17. The monoisotopic (exact) mass is 561 g/mol. The Morgan fingerprint density at radius 3 is 2.36 bits per heavy atom. The molecule has 6 rings (SSSR count). The van der Waals surface area contributed by atoms with Gasteiger partial charge in [0.2, 0.25) is 5.76 Å². The zero-order valence-corrected chi connectivity index (χ0v) is 23.0. The maximum absolute atomic E-state index is 13.9. The second-order valence-corrected chi connectivity index (χ2v) is 9.70. The van der Waals surface area contributed by atoms with Gasteiger partial charge < -0.3 is 18.6 Å². The Kier molecular flexibility index (Phi) is 7.19. The van der Waals surface area contributed by atoms with Crippen molar-refractivity contribution in [1.29, 1.82) is 0 Å². The number of hydrogen-bond acceptors (Lipinski definition) is 7. The number of anilines is 1. The molecular formula is C34H27NO7. The molecule has 0 bridgehead atoms. The highest BCUT2D eigenvalue weighted by Crippen LogP contribution is 2.43. The molecule has 0 saturated heterocycles. The van der Waals surface area contributed by atoms with E-state index in [1.165, 1.54) is 12.0 Å². The molecule has 0 radical (unpaired) electrons. The molecule has 210 valence electrons. The van der Waals surface area contributed by atoms with Crippen LogP contribution in [0.3, 0.4) is 0 Å². The van der Waals surface area contributed by atoms with E-state index in [-0.39, 0.29) is 23.4 Å². The predicted molar refractivity (Wildman–Crippen MR) is 157 cm³/mol. The summed E-state index contributed by atoms with van der Waals surface area (Å²) in [6, 6.07) is 27.6. The highest BCUT2D eigenvalue weighted by Gasteiger charge is 2.44. The molecule has 0 spiro atoms. The smallest absolute Gasteiger partial charge is 0.338 e. The fraction of sp³-hybridized carbons (Fsp3) is 0.147. The van der Waals surface area contributed by atoms with Crippen LogP contribution in [0.15, 0.2) is 106 Å². The number of benzene rings is 4. The first kappa shape index (κ1) is 26.8. The number of amides is 1. The van der Waals surface area contributed by atoms with Gasteiger partial charge in [0.05, 0.1) is 36.3 Å². The Labute approximate surface area is 241 Å². The number of para-hydroxylation sites is 1. The molecule has 8 nitrogen and oxygen atoms in total. The molecule has 1 atom stereocenters. The SMILES string of the molecule is CCOC(=O)c1ccc(N2C(=O)c3oc4ccccc4c(=O)c3C2c2ccc(OCc3ccccc3)c(OC)c2)cc1. The molecule has 8 heteroatoms. The zero-order chi connectivity index (χ0) is 29.2. The number of ether oxygens (including phenoxy) is 3. The van der Waals surface area contributed by atoms with Crippen molar-refractivity contribution >= 4 is 28.5 Å². The molecule has 4 aromatic carbocycles. The van der Waals surface area contributed by atoms with Crippen LogP contribution in [-0.4, -0.2) is 25.6 Å². The Hall–Kier alpha value is -5.37. The average Bonchev–Trinajstić information content (AvgIpc) is 3.32. The first-order valence-corrected chi connectivity index (χ1v) is 13.5. The average molecular weight is 562 g/mol. The number of carbonyl (C=O) groups excluding carboxylic acids is 2. The summed E-state index contributed by atoms with van der Waals surface area (Å²) in [5.41, 5.74) is 2.73. The second kappa shape index (κ2) is 11.2. The largest absolute Gasteiger partial charge is 0.493 e. The maximum atomic E-state index is 13.9. The lowest BCUT2D eigenvalue weighted by Crippen LogP contribution is -2.29. The van der Waals surface area contributed by atoms with E-state index in [1.807, 2.05) is 36.4 Å². The minimum absolute atomic E-state index is 0.0264. The molecule has 1 aromatic heterocycles. The van der Waals surface area contributed by atoms with Crippen LogP contribution in [0.5, 0.6) is 11.5 Å². The number of carbonyl (C=O) groups is 2. The lowest BCUT2D eigenvalue weighted by Gasteiger charge is -2.26. The quantitative estimate of drug-likeness (QED) is 0.205. The van der Waals surface area contributed by atoms with Gasteiger partial charge in [0, 0.05) is 5.69 Å². The molecule has 1 unspecified atom stereocenters. The molecule has 0 N–H and O–H groups in total. The predicted octanol–water partition coefficient (Wildman–Crippen LogP) is 6.31. The molecule has 0 aliphatic carbocycles. The van der Waals surface area contributed by atoms with Crippen molar-refractivity contribution in [1.82, 2.24) is 0 Å². The van der Waals surface area contributed by atoms with Crippen molar-refractivity contribution in [2.75, 3.05) is 18.6 Å². The number of hydrogen-bond donors (Lipinski definition) is 0. The molecule has 0 saturated carbocycles. The van der Waals surface area contributed by atoms with Crippen molar-refractivity contribution < 1.29 is 28.2 Å². The first-order chi connectivity index (χ1) is 20.5.